The third-order valence-electron chi connectivity index (χ3n) is 4.42. The molecular weight excluding hydrogens is 254 g/mol. The predicted octanol–water partition coefficient (Wildman–Crippen LogP) is 2.98. The summed E-state index contributed by atoms with van der Waals surface area (Å²) in [6.07, 6.45) is 6.24. The van der Waals surface area contributed by atoms with Gasteiger partial charge in [-0.25, -0.2) is 4.98 Å². The van der Waals surface area contributed by atoms with Crippen LogP contribution in [0.5, 0.6) is 0 Å². The zero-order valence-electron chi connectivity index (χ0n) is 12.5. The first kappa shape index (κ1) is 14.9. The standard InChI is InChI=1S/C15H27N3S/c1-12-17-13(11-19-12)10-14(16)15(2,3)18-8-6-4-5-7-9-18/h11,14H,4-10,16H2,1-3H3. The smallest absolute Gasteiger partial charge is 0.0897 e. The van der Waals surface area contributed by atoms with Crippen LogP contribution in [0.25, 0.3) is 0 Å². The van der Waals surface area contributed by atoms with Crippen LogP contribution in [0.4, 0.5) is 0 Å². The van der Waals surface area contributed by atoms with E-state index in [-0.39, 0.29) is 11.6 Å². The third kappa shape index (κ3) is 3.77. The van der Waals surface area contributed by atoms with E-state index in [9.17, 15) is 0 Å². The molecule has 0 radical (unpaired) electrons. The Morgan fingerprint density at radius 3 is 2.47 bits per heavy atom. The lowest BCUT2D eigenvalue weighted by Crippen LogP contribution is -2.57. The normalized spacial score (nSPS) is 20.2. The van der Waals surface area contributed by atoms with E-state index in [1.54, 1.807) is 11.3 Å². The minimum absolute atomic E-state index is 0.0574. The Kier molecular flexibility index (Phi) is 4.98. The predicted molar refractivity (Wildman–Crippen MR) is 82.7 cm³/mol. The number of aromatic nitrogens is 1. The van der Waals surface area contributed by atoms with Crippen LogP contribution in [0.2, 0.25) is 0 Å². The van der Waals surface area contributed by atoms with Gasteiger partial charge in [0.15, 0.2) is 0 Å². The highest BCUT2D eigenvalue weighted by atomic mass is 32.1. The average Bonchev–Trinajstić information content (AvgIpc) is 2.63. The van der Waals surface area contributed by atoms with Gasteiger partial charge >= 0.3 is 0 Å². The molecule has 0 bridgehead atoms. The van der Waals surface area contributed by atoms with Crippen molar-refractivity contribution in [3.05, 3.63) is 16.1 Å². The molecule has 0 amide bonds. The van der Waals surface area contributed by atoms with Crippen LogP contribution in [0.1, 0.15) is 50.2 Å². The van der Waals surface area contributed by atoms with Crippen molar-refractivity contribution in [2.75, 3.05) is 13.1 Å². The average molecular weight is 281 g/mol. The fourth-order valence-electron chi connectivity index (χ4n) is 2.86. The molecule has 1 aromatic rings. The van der Waals surface area contributed by atoms with Gasteiger partial charge in [-0.05, 0) is 46.7 Å². The summed E-state index contributed by atoms with van der Waals surface area (Å²) in [4.78, 5) is 7.14. The second kappa shape index (κ2) is 6.33. The second-order valence-electron chi connectivity index (χ2n) is 6.22. The van der Waals surface area contributed by atoms with Gasteiger partial charge in [0.05, 0.1) is 10.7 Å². The lowest BCUT2D eigenvalue weighted by Gasteiger charge is -2.42. The number of nitrogens with zero attached hydrogens (tertiary/aromatic N) is 2. The summed E-state index contributed by atoms with van der Waals surface area (Å²) in [5.41, 5.74) is 7.71. The minimum atomic E-state index is 0.0574. The molecule has 1 aliphatic heterocycles. The lowest BCUT2D eigenvalue weighted by molar-refractivity contribution is 0.0976. The number of hydrogen-bond donors (Lipinski definition) is 1. The molecule has 1 aliphatic rings. The first-order valence-electron chi connectivity index (χ1n) is 7.42. The Balaban J connectivity index is 2.00. The summed E-state index contributed by atoms with van der Waals surface area (Å²) in [6, 6.07) is 0.145. The van der Waals surface area contributed by atoms with Crippen LogP contribution in [0.15, 0.2) is 5.38 Å². The first-order chi connectivity index (χ1) is 9.00. The molecule has 0 saturated carbocycles. The van der Waals surface area contributed by atoms with Crippen molar-refractivity contribution < 1.29 is 0 Å². The molecule has 0 aliphatic carbocycles. The Hall–Kier alpha value is -0.450. The molecule has 1 unspecified atom stereocenters. The molecule has 0 aromatic carbocycles. The molecule has 1 fully saturated rings. The van der Waals surface area contributed by atoms with E-state index in [0.29, 0.717) is 0 Å². The number of aryl methyl sites for hydroxylation is 1. The number of rotatable bonds is 4. The second-order valence-corrected chi connectivity index (χ2v) is 7.29. The fourth-order valence-corrected chi connectivity index (χ4v) is 3.48. The molecule has 4 heteroatoms. The van der Waals surface area contributed by atoms with Crippen molar-refractivity contribution in [1.29, 1.82) is 0 Å². The maximum absolute atomic E-state index is 6.50. The Bertz CT molecular complexity index is 392. The molecule has 2 rings (SSSR count). The van der Waals surface area contributed by atoms with Gasteiger partial charge in [-0.15, -0.1) is 11.3 Å². The lowest BCUT2D eigenvalue weighted by atomic mass is 9.89. The van der Waals surface area contributed by atoms with E-state index in [0.717, 1.165) is 17.1 Å². The van der Waals surface area contributed by atoms with Crippen molar-refractivity contribution in [2.24, 2.45) is 5.73 Å². The highest BCUT2D eigenvalue weighted by Crippen LogP contribution is 2.24. The number of hydrogen-bond acceptors (Lipinski definition) is 4. The molecule has 1 aromatic heterocycles. The Morgan fingerprint density at radius 1 is 1.32 bits per heavy atom. The summed E-state index contributed by atoms with van der Waals surface area (Å²) < 4.78 is 0. The van der Waals surface area contributed by atoms with Gasteiger partial charge in [-0.2, -0.15) is 0 Å². The summed E-state index contributed by atoms with van der Waals surface area (Å²) in [7, 11) is 0. The molecule has 1 atom stereocenters. The van der Waals surface area contributed by atoms with Gasteiger partial charge < -0.3 is 5.73 Å². The van der Waals surface area contributed by atoms with Gasteiger partial charge in [0.2, 0.25) is 0 Å². The van der Waals surface area contributed by atoms with Crippen LogP contribution in [-0.2, 0) is 6.42 Å². The Morgan fingerprint density at radius 2 is 1.95 bits per heavy atom. The molecular formula is C15H27N3S. The Labute approximate surface area is 121 Å². The highest BCUT2D eigenvalue weighted by molar-refractivity contribution is 7.09. The minimum Gasteiger partial charge on any atom is -0.326 e. The zero-order valence-corrected chi connectivity index (χ0v) is 13.3. The van der Waals surface area contributed by atoms with E-state index in [2.05, 4.69) is 36.0 Å². The molecule has 2 heterocycles. The van der Waals surface area contributed by atoms with Crippen LogP contribution in [-0.4, -0.2) is 34.6 Å². The molecule has 1 saturated heterocycles. The van der Waals surface area contributed by atoms with E-state index in [1.807, 2.05) is 0 Å². The monoisotopic (exact) mass is 281 g/mol. The van der Waals surface area contributed by atoms with Crippen molar-refractivity contribution in [2.45, 2.75) is 64.5 Å². The van der Waals surface area contributed by atoms with E-state index < -0.39 is 0 Å². The van der Waals surface area contributed by atoms with Gasteiger partial charge in [-0.3, -0.25) is 4.90 Å². The highest BCUT2D eigenvalue weighted by Gasteiger charge is 2.33. The van der Waals surface area contributed by atoms with Crippen molar-refractivity contribution >= 4 is 11.3 Å². The maximum Gasteiger partial charge on any atom is 0.0897 e. The molecule has 19 heavy (non-hydrogen) atoms. The van der Waals surface area contributed by atoms with Gasteiger partial charge in [0.25, 0.3) is 0 Å². The fraction of sp³-hybridized carbons (Fsp3) is 0.800. The first-order valence-corrected chi connectivity index (χ1v) is 8.30. The topological polar surface area (TPSA) is 42.1 Å². The number of likely N-dealkylation sites (tertiary alicyclic amines) is 1. The maximum atomic E-state index is 6.50. The summed E-state index contributed by atoms with van der Waals surface area (Å²) in [6.45, 7) is 9.03. The SMILES string of the molecule is Cc1nc(CC(N)C(C)(C)N2CCCCCC2)cs1. The molecule has 2 N–H and O–H groups in total. The van der Waals surface area contributed by atoms with Crippen molar-refractivity contribution in [3.63, 3.8) is 0 Å². The van der Waals surface area contributed by atoms with Crippen molar-refractivity contribution in [3.8, 4) is 0 Å². The van der Waals surface area contributed by atoms with E-state index in [4.69, 9.17) is 5.73 Å². The summed E-state index contributed by atoms with van der Waals surface area (Å²) in [5, 5.41) is 3.28. The number of thiazole rings is 1. The van der Waals surface area contributed by atoms with Crippen LogP contribution in [0.3, 0.4) is 0 Å². The van der Waals surface area contributed by atoms with Gasteiger partial charge in [0.1, 0.15) is 0 Å². The van der Waals surface area contributed by atoms with Crippen LogP contribution >= 0.6 is 11.3 Å². The summed E-state index contributed by atoms with van der Waals surface area (Å²) >= 11 is 1.72. The quantitative estimate of drug-likeness (QED) is 0.922. The summed E-state index contributed by atoms with van der Waals surface area (Å²) in [5.74, 6) is 0. The van der Waals surface area contributed by atoms with Gasteiger partial charge in [-0.1, -0.05) is 12.8 Å². The van der Waals surface area contributed by atoms with Crippen molar-refractivity contribution in [1.82, 2.24) is 9.88 Å². The molecule has 0 spiro atoms. The van der Waals surface area contributed by atoms with E-state index in [1.165, 1.54) is 38.8 Å². The largest absolute Gasteiger partial charge is 0.326 e. The molecule has 108 valence electrons. The zero-order chi connectivity index (χ0) is 13.9. The third-order valence-corrected chi connectivity index (χ3v) is 5.25. The van der Waals surface area contributed by atoms with Crippen LogP contribution in [0, 0.1) is 6.92 Å². The number of nitrogens with two attached hydrogens (primary N) is 1. The molecule has 3 nitrogen and oxygen atoms in total. The van der Waals surface area contributed by atoms with Crippen LogP contribution < -0.4 is 5.73 Å². The van der Waals surface area contributed by atoms with E-state index >= 15 is 0 Å². The van der Waals surface area contributed by atoms with Gasteiger partial charge in [0, 0.05) is 23.4 Å².